The highest BCUT2D eigenvalue weighted by Crippen LogP contribution is 2.33. The van der Waals surface area contributed by atoms with Gasteiger partial charge in [0.15, 0.2) is 0 Å². The molecule has 1 atom stereocenters. The molecule has 1 N–H and O–H groups in total. The highest BCUT2D eigenvalue weighted by molar-refractivity contribution is 6.30. The van der Waals surface area contributed by atoms with Crippen molar-refractivity contribution in [2.45, 2.75) is 19.1 Å². The summed E-state index contributed by atoms with van der Waals surface area (Å²) in [6.45, 7) is 0.330. The Morgan fingerprint density at radius 2 is 1.89 bits per heavy atom. The molecule has 1 aliphatic rings. The molecule has 1 fully saturated rings. The van der Waals surface area contributed by atoms with Gasteiger partial charge in [-0.05, 0) is 35.9 Å². The first kappa shape index (κ1) is 19.2. The molecular weight excluding hydrogens is 381 g/mol. The number of carbonyl (C=O) groups excluding carboxylic acids is 2. The van der Waals surface area contributed by atoms with Crippen LogP contribution < -0.4 is 10.2 Å². The molecule has 0 spiro atoms. The highest BCUT2D eigenvalue weighted by Gasteiger charge is 2.36. The van der Waals surface area contributed by atoms with Crippen LogP contribution in [0.3, 0.4) is 0 Å². The van der Waals surface area contributed by atoms with E-state index in [4.69, 9.17) is 11.6 Å². The summed E-state index contributed by atoms with van der Waals surface area (Å²) in [4.78, 5) is 25.8. The molecule has 1 heterocycles. The van der Waals surface area contributed by atoms with Gasteiger partial charge in [0.25, 0.3) is 0 Å². The van der Waals surface area contributed by atoms with Crippen molar-refractivity contribution in [2.75, 3.05) is 11.4 Å². The third-order valence-electron chi connectivity index (χ3n) is 4.36. The van der Waals surface area contributed by atoms with Crippen molar-refractivity contribution in [1.29, 1.82) is 0 Å². The number of nitrogens with zero attached hydrogens (tertiary/aromatic N) is 1. The average molecular weight is 397 g/mol. The van der Waals surface area contributed by atoms with E-state index < -0.39 is 17.7 Å². The predicted octanol–water partition coefficient (Wildman–Crippen LogP) is 4.03. The maximum atomic E-state index is 12.9. The summed E-state index contributed by atoms with van der Waals surface area (Å²) >= 11 is 5.81. The Hall–Kier alpha value is -2.54. The van der Waals surface area contributed by atoms with Gasteiger partial charge in [0.2, 0.25) is 11.8 Å². The Morgan fingerprint density at radius 1 is 1.19 bits per heavy atom. The van der Waals surface area contributed by atoms with E-state index in [0.717, 1.165) is 17.7 Å². The monoisotopic (exact) mass is 396 g/mol. The van der Waals surface area contributed by atoms with Gasteiger partial charge in [0, 0.05) is 30.2 Å². The molecular formula is C19H16ClF3N2O2. The molecule has 0 saturated carbocycles. The lowest BCUT2D eigenvalue weighted by molar-refractivity contribution is -0.137. The number of nitrogens with one attached hydrogen (secondary N) is 1. The minimum absolute atomic E-state index is 0.0390. The largest absolute Gasteiger partial charge is 0.416 e. The number of hydrogen-bond acceptors (Lipinski definition) is 2. The van der Waals surface area contributed by atoms with E-state index in [1.54, 1.807) is 24.3 Å². The van der Waals surface area contributed by atoms with Crippen molar-refractivity contribution in [3.05, 3.63) is 64.7 Å². The number of benzene rings is 2. The lowest BCUT2D eigenvalue weighted by Crippen LogP contribution is -2.32. The molecule has 0 aromatic heterocycles. The zero-order valence-electron chi connectivity index (χ0n) is 14.1. The molecule has 0 unspecified atom stereocenters. The number of amides is 2. The molecule has 2 aromatic carbocycles. The van der Waals surface area contributed by atoms with Gasteiger partial charge < -0.3 is 10.2 Å². The number of hydrogen-bond donors (Lipinski definition) is 1. The molecule has 2 amide bonds. The summed E-state index contributed by atoms with van der Waals surface area (Å²) in [7, 11) is 0. The molecule has 1 saturated heterocycles. The van der Waals surface area contributed by atoms with Gasteiger partial charge in [-0.1, -0.05) is 29.8 Å². The molecule has 3 rings (SSSR count). The second-order valence-corrected chi connectivity index (χ2v) is 6.73. The average Bonchev–Trinajstić information content (AvgIpc) is 3.02. The lowest BCUT2D eigenvalue weighted by atomic mass is 10.1. The highest BCUT2D eigenvalue weighted by atomic mass is 35.5. The fourth-order valence-electron chi connectivity index (χ4n) is 2.92. The van der Waals surface area contributed by atoms with E-state index in [0.29, 0.717) is 5.02 Å². The number of anilines is 1. The third-order valence-corrected chi connectivity index (χ3v) is 4.61. The molecule has 142 valence electrons. The van der Waals surface area contributed by atoms with E-state index in [9.17, 15) is 22.8 Å². The first-order valence-corrected chi connectivity index (χ1v) is 8.61. The first-order valence-electron chi connectivity index (χ1n) is 8.24. The number of rotatable bonds is 4. The van der Waals surface area contributed by atoms with Crippen molar-refractivity contribution >= 4 is 29.1 Å². The van der Waals surface area contributed by atoms with Gasteiger partial charge >= 0.3 is 6.18 Å². The molecule has 0 aliphatic carbocycles. The minimum Gasteiger partial charge on any atom is -0.352 e. The van der Waals surface area contributed by atoms with Crippen molar-refractivity contribution < 1.29 is 22.8 Å². The summed E-state index contributed by atoms with van der Waals surface area (Å²) in [5.74, 6) is -1.30. The zero-order valence-corrected chi connectivity index (χ0v) is 14.8. The Bertz CT molecular complexity index is 853. The maximum Gasteiger partial charge on any atom is 0.416 e. The van der Waals surface area contributed by atoms with Crippen LogP contribution in [0.4, 0.5) is 18.9 Å². The van der Waals surface area contributed by atoms with E-state index >= 15 is 0 Å². The first-order chi connectivity index (χ1) is 12.7. The Labute approximate surface area is 158 Å². The van der Waals surface area contributed by atoms with Crippen LogP contribution in [0.25, 0.3) is 0 Å². The van der Waals surface area contributed by atoms with Gasteiger partial charge in [0.05, 0.1) is 11.5 Å². The molecule has 0 radical (unpaired) electrons. The quantitative estimate of drug-likeness (QED) is 0.848. The SMILES string of the molecule is O=C(NCc1ccc(Cl)cc1)[C@H]1CC(=O)N(c2cccc(C(F)(F)F)c2)C1. The smallest absolute Gasteiger partial charge is 0.352 e. The Morgan fingerprint density at radius 3 is 2.56 bits per heavy atom. The fourth-order valence-corrected chi connectivity index (χ4v) is 3.04. The number of alkyl halides is 3. The van der Waals surface area contributed by atoms with Gasteiger partial charge in [-0.3, -0.25) is 9.59 Å². The van der Waals surface area contributed by atoms with Crippen LogP contribution in [-0.2, 0) is 22.3 Å². The van der Waals surface area contributed by atoms with Crippen LogP contribution in [0.15, 0.2) is 48.5 Å². The number of halogens is 4. The number of carbonyl (C=O) groups is 2. The molecule has 4 nitrogen and oxygen atoms in total. The van der Waals surface area contributed by atoms with Crippen LogP contribution in [0.5, 0.6) is 0 Å². The molecule has 8 heteroatoms. The van der Waals surface area contributed by atoms with E-state index in [-0.39, 0.29) is 37.0 Å². The Kier molecular flexibility index (Phi) is 5.41. The zero-order chi connectivity index (χ0) is 19.6. The summed E-state index contributed by atoms with van der Waals surface area (Å²) < 4.78 is 38.6. The van der Waals surface area contributed by atoms with E-state index in [1.807, 2.05) is 0 Å². The minimum atomic E-state index is -4.49. The van der Waals surface area contributed by atoms with Crippen molar-refractivity contribution in [2.24, 2.45) is 5.92 Å². The molecule has 1 aliphatic heterocycles. The summed E-state index contributed by atoms with van der Waals surface area (Å²) in [6, 6.07) is 11.5. The van der Waals surface area contributed by atoms with Crippen LogP contribution in [0.1, 0.15) is 17.5 Å². The summed E-state index contributed by atoms with van der Waals surface area (Å²) in [5, 5.41) is 3.33. The van der Waals surface area contributed by atoms with Crippen LogP contribution >= 0.6 is 11.6 Å². The van der Waals surface area contributed by atoms with Gasteiger partial charge in [-0.2, -0.15) is 13.2 Å². The van der Waals surface area contributed by atoms with Crippen LogP contribution in [0.2, 0.25) is 5.02 Å². The van der Waals surface area contributed by atoms with Crippen LogP contribution in [-0.4, -0.2) is 18.4 Å². The predicted molar refractivity (Wildman–Crippen MR) is 95.2 cm³/mol. The van der Waals surface area contributed by atoms with E-state index in [2.05, 4.69) is 5.32 Å². The normalized spacial score (nSPS) is 17.3. The third kappa shape index (κ3) is 4.60. The van der Waals surface area contributed by atoms with Crippen molar-refractivity contribution in [3.8, 4) is 0 Å². The maximum absolute atomic E-state index is 12.9. The second kappa shape index (κ2) is 7.60. The molecule has 2 aromatic rings. The summed E-state index contributed by atoms with van der Waals surface area (Å²) in [5.41, 5.74) is 0.165. The van der Waals surface area contributed by atoms with Gasteiger partial charge in [-0.15, -0.1) is 0 Å². The summed E-state index contributed by atoms with van der Waals surface area (Å²) in [6.07, 6.45) is -4.53. The molecule has 27 heavy (non-hydrogen) atoms. The van der Waals surface area contributed by atoms with Gasteiger partial charge in [0.1, 0.15) is 0 Å². The fraction of sp³-hybridized carbons (Fsp3) is 0.263. The topological polar surface area (TPSA) is 49.4 Å². The van der Waals surface area contributed by atoms with Crippen molar-refractivity contribution in [1.82, 2.24) is 5.32 Å². The Balaban J connectivity index is 1.64. The van der Waals surface area contributed by atoms with E-state index in [1.165, 1.54) is 17.0 Å². The van der Waals surface area contributed by atoms with Crippen LogP contribution in [0, 0.1) is 5.92 Å². The second-order valence-electron chi connectivity index (χ2n) is 6.30. The molecule has 0 bridgehead atoms. The lowest BCUT2D eigenvalue weighted by Gasteiger charge is -2.18. The van der Waals surface area contributed by atoms with Crippen molar-refractivity contribution in [3.63, 3.8) is 0 Å². The standard InChI is InChI=1S/C19H16ClF3N2O2/c20-15-6-4-12(5-7-15)10-24-18(27)13-8-17(26)25(11-13)16-3-1-2-14(9-16)19(21,22)23/h1-7,9,13H,8,10-11H2,(H,24,27)/t13-/m0/s1. The van der Waals surface area contributed by atoms with Gasteiger partial charge in [-0.25, -0.2) is 0 Å².